The number of hydrogen-bond acceptors (Lipinski definition) is 6. The first-order valence-electron chi connectivity index (χ1n) is 4.12. The SMILES string of the molecule is Cc1coc(-c2noc(CC(=O)O)n2)n1. The first-order chi connectivity index (χ1) is 7.15. The lowest BCUT2D eigenvalue weighted by molar-refractivity contribution is -0.136. The summed E-state index contributed by atoms with van der Waals surface area (Å²) < 4.78 is 9.72. The summed E-state index contributed by atoms with van der Waals surface area (Å²) in [6.07, 6.45) is 1.13. The van der Waals surface area contributed by atoms with Gasteiger partial charge < -0.3 is 14.0 Å². The summed E-state index contributed by atoms with van der Waals surface area (Å²) in [5.41, 5.74) is 0.689. The second-order valence-electron chi connectivity index (χ2n) is 2.88. The van der Waals surface area contributed by atoms with Gasteiger partial charge in [-0.25, -0.2) is 4.98 Å². The van der Waals surface area contributed by atoms with Gasteiger partial charge in [0.25, 0.3) is 11.7 Å². The number of oxazole rings is 1. The minimum Gasteiger partial charge on any atom is -0.481 e. The fourth-order valence-corrected chi connectivity index (χ4v) is 1.000. The van der Waals surface area contributed by atoms with E-state index in [1.54, 1.807) is 6.92 Å². The third-order valence-corrected chi connectivity index (χ3v) is 1.58. The summed E-state index contributed by atoms with van der Waals surface area (Å²) in [6.45, 7) is 1.76. The summed E-state index contributed by atoms with van der Waals surface area (Å²) >= 11 is 0. The minimum atomic E-state index is -1.03. The molecule has 0 saturated heterocycles. The number of hydrogen-bond donors (Lipinski definition) is 1. The van der Waals surface area contributed by atoms with Crippen LogP contribution < -0.4 is 0 Å². The molecule has 1 N–H and O–H groups in total. The number of aliphatic carboxylic acids is 1. The average Bonchev–Trinajstić information content (AvgIpc) is 2.72. The van der Waals surface area contributed by atoms with Gasteiger partial charge in [0.15, 0.2) is 0 Å². The zero-order valence-corrected chi connectivity index (χ0v) is 7.80. The molecule has 0 aliphatic heterocycles. The first kappa shape index (κ1) is 9.38. The van der Waals surface area contributed by atoms with E-state index in [0.29, 0.717) is 5.69 Å². The van der Waals surface area contributed by atoms with Crippen molar-refractivity contribution in [2.75, 3.05) is 0 Å². The Hall–Kier alpha value is -2.18. The second kappa shape index (κ2) is 3.52. The van der Waals surface area contributed by atoms with E-state index in [1.807, 2.05) is 0 Å². The predicted molar refractivity (Wildman–Crippen MR) is 45.9 cm³/mol. The molecule has 7 heteroatoms. The zero-order valence-electron chi connectivity index (χ0n) is 7.80. The van der Waals surface area contributed by atoms with Gasteiger partial charge in [-0.05, 0) is 6.92 Å². The number of aryl methyl sites for hydroxylation is 1. The van der Waals surface area contributed by atoms with E-state index in [9.17, 15) is 4.79 Å². The Morgan fingerprint density at radius 2 is 2.33 bits per heavy atom. The summed E-state index contributed by atoms with van der Waals surface area (Å²) in [7, 11) is 0. The number of carbonyl (C=O) groups is 1. The van der Waals surface area contributed by atoms with Gasteiger partial charge in [0.1, 0.15) is 12.7 Å². The van der Waals surface area contributed by atoms with E-state index in [-0.39, 0.29) is 24.0 Å². The summed E-state index contributed by atoms with van der Waals surface area (Å²) in [4.78, 5) is 18.1. The lowest BCUT2D eigenvalue weighted by atomic mass is 10.4. The highest BCUT2D eigenvalue weighted by molar-refractivity contribution is 5.68. The molecule has 2 heterocycles. The van der Waals surface area contributed by atoms with Gasteiger partial charge in [0.2, 0.25) is 5.89 Å². The first-order valence-corrected chi connectivity index (χ1v) is 4.12. The lowest BCUT2D eigenvalue weighted by Gasteiger charge is -1.83. The van der Waals surface area contributed by atoms with Crippen LogP contribution in [-0.2, 0) is 11.2 Å². The molecule has 2 rings (SSSR count). The van der Waals surface area contributed by atoms with Gasteiger partial charge in [-0.2, -0.15) is 4.98 Å². The maximum absolute atomic E-state index is 10.4. The van der Waals surface area contributed by atoms with Crippen molar-refractivity contribution >= 4 is 5.97 Å². The van der Waals surface area contributed by atoms with Crippen LogP contribution in [0, 0.1) is 6.92 Å². The van der Waals surface area contributed by atoms with Crippen molar-refractivity contribution in [3.05, 3.63) is 17.8 Å². The Kier molecular flexibility index (Phi) is 2.20. The highest BCUT2D eigenvalue weighted by Gasteiger charge is 2.14. The highest BCUT2D eigenvalue weighted by atomic mass is 16.5. The lowest BCUT2D eigenvalue weighted by Crippen LogP contribution is -1.99. The van der Waals surface area contributed by atoms with Gasteiger partial charge in [-0.15, -0.1) is 0 Å². The molecule has 0 spiro atoms. The molecule has 0 fully saturated rings. The van der Waals surface area contributed by atoms with Crippen molar-refractivity contribution in [1.29, 1.82) is 0 Å². The van der Waals surface area contributed by atoms with Crippen LogP contribution in [0.4, 0.5) is 0 Å². The van der Waals surface area contributed by atoms with Crippen molar-refractivity contribution < 1.29 is 18.8 Å². The topological polar surface area (TPSA) is 102 Å². The third-order valence-electron chi connectivity index (χ3n) is 1.58. The number of nitrogens with zero attached hydrogens (tertiary/aromatic N) is 3. The molecule has 0 saturated carbocycles. The Morgan fingerprint density at radius 1 is 1.53 bits per heavy atom. The van der Waals surface area contributed by atoms with Crippen LogP contribution in [0.2, 0.25) is 0 Å². The predicted octanol–water partition coefficient (Wildman–Crippen LogP) is 0.660. The van der Waals surface area contributed by atoms with E-state index in [1.165, 1.54) is 6.26 Å². The molecular weight excluding hydrogens is 202 g/mol. The van der Waals surface area contributed by atoms with Crippen molar-refractivity contribution in [3.63, 3.8) is 0 Å². The molecule has 15 heavy (non-hydrogen) atoms. The van der Waals surface area contributed by atoms with Crippen LogP contribution in [0.1, 0.15) is 11.6 Å². The van der Waals surface area contributed by atoms with E-state index in [2.05, 4.69) is 15.1 Å². The molecule has 2 aromatic rings. The largest absolute Gasteiger partial charge is 0.481 e. The van der Waals surface area contributed by atoms with E-state index >= 15 is 0 Å². The molecule has 0 unspecified atom stereocenters. The van der Waals surface area contributed by atoms with E-state index < -0.39 is 5.97 Å². The van der Waals surface area contributed by atoms with Crippen LogP contribution in [-0.4, -0.2) is 26.2 Å². The van der Waals surface area contributed by atoms with Crippen LogP contribution in [0.3, 0.4) is 0 Å². The normalized spacial score (nSPS) is 10.5. The van der Waals surface area contributed by atoms with Gasteiger partial charge in [-0.1, -0.05) is 5.16 Å². The average molecular weight is 209 g/mol. The Bertz CT molecular complexity index is 488. The van der Waals surface area contributed by atoms with Crippen molar-refractivity contribution in [2.24, 2.45) is 0 Å². The quantitative estimate of drug-likeness (QED) is 0.791. The molecular formula is C8H7N3O4. The minimum absolute atomic E-state index is 0.0216. The molecule has 0 atom stereocenters. The molecule has 0 bridgehead atoms. The molecule has 7 nitrogen and oxygen atoms in total. The fourth-order valence-electron chi connectivity index (χ4n) is 1.000. The zero-order chi connectivity index (χ0) is 10.8. The van der Waals surface area contributed by atoms with Crippen LogP contribution in [0.5, 0.6) is 0 Å². The molecule has 2 aromatic heterocycles. The van der Waals surface area contributed by atoms with Crippen LogP contribution >= 0.6 is 0 Å². The van der Waals surface area contributed by atoms with E-state index in [0.717, 1.165) is 0 Å². The smallest absolute Gasteiger partial charge is 0.312 e. The number of aromatic nitrogens is 3. The Morgan fingerprint density at radius 3 is 2.93 bits per heavy atom. The summed E-state index contributed by atoms with van der Waals surface area (Å²) in [6, 6.07) is 0. The maximum Gasteiger partial charge on any atom is 0.312 e. The van der Waals surface area contributed by atoms with Gasteiger partial charge in [-0.3, -0.25) is 4.79 Å². The molecule has 0 radical (unpaired) electrons. The highest BCUT2D eigenvalue weighted by Crippen LogP contribution is 2.14. The maximum atomic E-state index is 10.4. The molecule has 0 amide bonds. The molecule has 0 aromatic carbocycles. The monoisotopic (exact) mass is 209 g/mol. The fraction of sp³-hybridized carbons (Fsp3) is 0.250. The molecule has 0 aliphatic rings. The summed E-state index contributed by atoms with van der Waals surface area (Å²) in [5.74, 6) is -0.644. The van der Waals surface area contributed by atoms with Gasteiger partial charge in [0, 0.05) is 0 Å². The van der Waals surface area contributed by atoms with Crippen LogP contribution in [0.15, 0.2) is 15.2 Å². The van der Waals surface area contributed by atoms with Crippen LogP contribution in [0.25, 0.3) is 11.7 Å². The standard InChI is InChI=1S/C8H7N3O4/c1-4-3-14-8(9-4)7-10-5(15-11-7)2-6(12)13/h3H,2H2,1H3,(H,12,13). The Labute approximate surface area is 83.7 Å². The van der Waals surface area contributed by atoms with Gasteiger partial charge >= 0.3 is 5.97 Å². The second-order valence-corrected chi connectivity index (χ2v) is 2.88. The number of rotatable bonds is 3. The molecule has 78 valence electrons. The Balaban J connectivity index is 2.23. The summed E-state index contributed by atoms with van der Waals surface area (Å²) in [5, 5.41) is 12.0. The number of carboxylic acid groups (broad SMARTS) is 1. The van der Waals surface area contributed by atoms with Crippen molar-refractivity contribution in [1.82, 2.24) is 15.1 Å². The van der Waals surface area contributed by atoms with E-state index in [4.69, 9.17) is 14.0 Å². The molecule has 0 aliphatic carbocycles. The van der Waals surface area contributed by atoms with Crippen molar-refractivity contribution in [3.8, 4) is 11.7 Å². The number of carboxylic acids is 1. The third kappa shape index (κ3) is 2.01. The van der Waals surface area contributed by atoms with Gasteiger partial charge in [0.05, 0.1) is 5.69 Å². The van der Waals surface area contributed by atoms with Crippen molar-refractivity contribution in [2.45, 2.75) is 13.3 Å².